The van der Waals surface area contributed by atoms with Crippen LogP contribution in [0.3, 0.4) is 0 Å². The van der Waals surface area contributed by atoms with Crippen LogP contribution in [0.15, 0.2) is 17.8 Å². The van der Waals surface area contributed by atoms with Gasteiger partial charge in [0.2, 0.25) is 5.95 Å². The van der Waals surface area contributed by atoms with Crippen LogP contribution >= 0.6 is 20.6 Å². The van der Waals surface area contributed by atoms with Crippen molar-refractivity contribution in [3.8, 4) is 6.07 Å². The summed E-state index contributed by atoms with van der Waals surface area (Å²) < 4.78 is 21.2. The predicted molar refractivity (Wildman–Crippen MR) is 230 cm³/mol. The SMILES string of the molecule is C/C=C(/F)c1sc(N)c(C#N)c1/C(=C(\C)CC)c1c2c(c3cnc(N4CC(C)C(O)C4)nc3c1P)COC2.CC.CCCC.CCCCCC(C)CC. The Kier molecular flexibility index (Phi) is 20.2. The van der Waals surface area contributed by atoms with Crippen molar-refractivity contribution < 1.29 is 14.2 Å². The number of nitriles is 1. The minimum atomic E-state index is -0.427. The molecule has 1 aromatic carbocycles. The molecule has 294 valence electrons. The molecule has 53 heavy (non-hydrogen) atoms. The smallest absolute Gasteiger partial charge is 0.225 e. The zero-order chi connectivity index (χ0) is 39.8. The van der Waals surface area contributed by atoms with Gasteiger partial charge in [-0.05, 0) is 48.4 Å². The number of aliphatic hydroxyl groups is 1. The molecule has 0 aliphatic carbocycles. The largest absolute Gasteiger partial charge is 0.391 e. The van der Waals surface area contributed by atoms with Crippen LogP contribution in [0.4, 0.5) is 15.3 Å². The molecule has 5 rings (SSSR count). The van der Waals surface area contributed by atoms with E-state index in [1.165, 1.54) is 51.0 Å². The summed E-state index contributed by atoms with van der Waals surface area (Å²) in [4.78, 5) is 12.0. The summed E-state index contributed by atoms with van der Waals surface area (Å²) in [5, 5.41) is 22.4. The number of halogens is 1. The lowest BCUT2D eigenvalue weighted by molar-refractivity contribution is 0.135. The van der Waals surface area contributed by atoms with E-state index in [2.05, 4.69) is 54.9 Å². The van der Waals surface area contributed by atoms with Gasteiger partial charge in [-0.3, -0.25) is 0 Å². The Morgan fingerprint density at radius 3 is 2.32 bits per heavy atom. The van der Waals surface area contributed by atoms with Crippen LogP contribution in [-0.4, -0.2) is 34.3 Å². The van der Waals surface area contributed by atoms with Crippen LogP contribution in [0.25, 0.3) is 22.3 Å². The standard InChI is InChI=1S/C28H31FN5O2PS.C9H20.C4H10.C2H6/c1-5-13(3)21(23-15(7-30)27(31)38-26(23)19(29)6-2)22-18-12-36-11-17(18)16-8-32-28(33-24(16)25(22)37)34-9-14(4)20(35)10-34;1-4-6-7-8-9(3)5-2;1-3-4-2;1-2/h6,8,14,20,35H,5,9-12,31,37H2,1-4H3;9H,4-8H2,1-3H3;3-4H2,1-2H3;1-2H3/b19-6+,21-13+;;;. The summed E-state index contributed by atoms with van der Waals surface area (Å²) in [6.07, 6.45) is 13.1. The molecule has 0 radical (unpaired) electrons. The highest BCUT2D eigenvalue weighted by molar-refractivity contribution is 7.28. The monoisotopic (exact) mass is 767 g/mol. The molecule has 2 aromatic heterocycles. The fourth-order valence-electron chi connectivity index (χ4n) is 6.30. The third-order valence-corrected chi connectivity index (χ3v) is 11.7. The number of hydrogen-bond donors (Lipinski definition) is 2. The van der Waals surface area contributed by atoms with Crippen molar-refractivity contribution in [3.63, 3.8) is 0 Å². The molecule has 10 heteroatoms. The van der Waals surface area contributed by atoms with Gasteiger partial charge in [0, 0.05) is 41.5 Å². The van der Waals surface area contributed by atoms with Gasteiger partial charge in [-0.25, -0.2) is 14.4 Å². The molecule has 0 bridgehead atoms. The van der Waals surface area contributed by atoms with Gasteiger partial charge in [0.15, 0.2) is 0 Å². The fraction of sp³-hybridized carbons (Fsp3) is 0.605. The van der Waals surface area contributed by atoms with Crippen LogP contribution in [0, 0.1) is 23.2 Å². The maximum atomic E-state index is 15.2. The zero-order valence-electron chi connectivity index (χ0n) is 34.5. The van der Waals surface area contributed by atoms with Gasteiger partial charge in [-0.1, -0.05) is 119 Å². The topological polar surface area (TPSA) is 108 Å². The third kappa shape index (κ3) is 11.3. The summed E-state index contributed by atoms with van der Waals surface area (Å²) in [5.41, 5.74) is 12.5. The Morgan fingerprint density at radius 1 is 1.13 bits per heavy atom. The van der Waals surface area contributed by atoms with Crippen molar-refractivity contribution in [3.05, 3.63) is 50.5 Å². The van der Waals surface area contributed by atoms with E-state index in [4.69, 9.17) is 15.5 Å². The summed E-state index contributed by atoms with van der Waals surface area (Å²) in [7, 11) is 2.84. The average molecular weight is 768 g/mol. The molecular weight excluding hydrogens is 701 g/mol. The average Bonchev–Trinajstić information content (AvgIpc) is 3.90. The van der Waals surface area contributed by atoms with Crippen molar-refractivity contribution in [1.82, 2.24) is 9.97 Å². The Hall–Kier alpha value is -2.89. The first-order valence-electron chi connectivity index (χ1n) is 19.9. The molecule has 7 nitrogen and oxygen atoms in total. The minimum absolute atomic E-state index is 0.129. The van der Waals surface area contributed by atoms with E-state index in [9.17, 15) is 10.4 Å². The maximum Gasteiger partial charge on any atom is 0.225 e. The molecule has 3 aromatic rings. The van der Waals surface area contributed by atoms with Crippen molar-refractivity contribution in [2.45, 2.75) is 147 Å². The molecule has 3 N–H and O–H groups in total. The van der Waals surface area contributed by atoms with Gasteiger partial charge >= 0.3 is 0 Å². The molecule has 0 amide bonds. The number of thiophene rings is 1. The van der Waals surface area contributed by atoms with Crippen LogP contribution < -0.4 is 15.9 Å². The van der Waals surface area contributed by atoms with E-state index in [0.717, 1.165) is 61.3 Å². The third-order valence-electron chi connectivity index (χ3n) is 10.1. The molecule has 0 spiro atoms. The van der Waals surface area contributed by atoms with Crippen molar-refractivity contribution >= 4 is 59.1 Å². The normalized spacial score (nSPS) is 17.5. The number of benzene rings is 1. The van der Waals surface area contributed by atoms with Crippen LogP contribution in [0.5, 0.6) is 0 Å². The Balaban J connectivity index is 0.000000551. The van der Waals surface area contributed by atoms with Crippen LogP contribution in [0.1, 0.15) is 160 Å². The lowest BCUT2D eigenvalue weighted by Gasteiger charge is -2.22. The number of aliphatic hydroxyl groups excluding tert-OH is 1. The highest BCUT2D eigenvalue weighted by Gasteiger charge is 2.33. The Morgan fingerprint density at radius 2 is 1.79 bits per heavy atom. The first kappa shape index (κ1) is 46.3. The number of nitrogens with zero attached hydrogens (tertiary/aromatic N) is 4. The Labute approximate surface area is 326 Å². The highest BCUT2D eigenvalue weighted by Crippen LogP contribution is 2.46. The van der Waals surface area contributed by atoms with Crippen molar-refractivity contribution in [1.29, 1.82) is 5.26 Å². The van der Waals surface area contributed by atoms with Crippen molar-refractivity contribution in [2.24, 2.45) is 11.8 Å². The summed E-state index contributed by atoms with van der Waals surface area (Å²) in [6.45, 7) is 24.9. The first-order chi connectivity index (χ1) is 25.4. The van der Waals surface area contributed by atoms with E-state index in [1.807, 2.05) is 45.7 Å². The second kappa shape index (κ2) is 23.1. The van der Waals surface area contributed by atoms with E-state index < -0.39 is 11.9 Å². The number of hydrogen-bond acceptors (Lipinski definition) is 8. The summed E-state index contributed by atoms with van der Waals surface area (Å²) >= 11 is 1.10. The van der Waals surface area contributed by atoms with Gasteiger partial charge < -0.3 is 20.5 Å². The number of allylic oxidation sites excluding steroid dienone is 2. The zero-order valence-corrected chi connectivity index (χ0v) is 36.4. The molecule has 0 saturated carbocycles. The fourth-order valence-corrected chi connectivity index (χ4v) is 7.83. The molecule has 1 fully saturated rings. The van der Waals surface area contributed by atoms with Crippen LogP contribution in [0.2, 0.25) is 0 Å². The number of fused-ring (bicyclic) bond motifs is 3. The van der Waals surface area contributed by atoms with Gasteiger partial charge in [0.25, 0.3) is 0 Å². The number of ether oxygens (including phenoxy) is 1. The molecule has 4 atom stereocenters. The predicted octanol–water partition coefficient (Wildman–Crippen LogP) is 11.5. The number of nitrogen functional groups attached to an aromatic ring is 1. The minimum Gasteiger partial charge on any atom is -0.391 e. The first-order valence-corrected chi connectivity index (χ1v) is 21.3. The van der Waals surface area contributed by atoms with Gasteiger partial charge in [0.05, 0.1) is 35.3 Å². The number of β-amino-alcohol motifs (C(OH)–C–C–N with tert-alkyl or cyclic N) is 1. The number of anilines is 2. The summed E-state index contributed by atoms with van der Waals surface area (Å²) in [6, 6.07) is 2.23. The van der Waals surface area contributed by atoms with E-state index in [-0.39, 0.29) is 11.5 Å². The lowest BCUT2D eigenvalue weighted by atomic mass is 9.85. The van der Waals surface area contributed by atoms with E-state index in [0.29, 0.717) is 54.1 Å². The second-order valence-corrected chi connectivity index (χ2v) is 15.6. The molecular formula is C43H67FN5O2PS. The molecule has 1 saturated heterocycles. The molecule has 2 aliphatic rings. The number of unbranched alkanes of at least 4 members (excludes halogenated alkanes) is 3. The molecule has 4 unspecified atom stereocenters. The van der Waals surface area contributed by atoms with E-state index in [1.54, 1.807) is 6.92 Å². The Bertz CT molecular complexity index is 1720. The van der Waals surface area contributed by atoms with E-state index >= 15 is 4.39 Å². The molecule has 4 heterocycles. The number of aromatic nitrogens is 2. The lowest BCUT2D eigenvalue weighted by Crippen LogP contribution is -2.24. The van der Waals surface area contributed by atoms with Gasteiger partial charge in [-0.15, -0.1) is 20.6 Å². The van der Waals surface area contributed by atoms with Gasteiger partial charge in [0.1, 0.15) is 16.9 Å². The summed E-state index contributed by atoms with van der Waals surface area (Å²) in [5.74, 6) is 1.23. The van der Waals surface area contributed by atoms with Gasteiger partial charge in [-0.2, -0.15) is 5.26 Å². The molecule has 2 aliphatic heterocycles. The van der Waals surface area contributed by atoms with Crippen molar-refractivity contribution in [2.75, 3.05) is 23.7 Å². The van der Waals surface area contributed by atoms with Crippen LogP contribution in [-0.2, 0) is 18.0 Å². The number of rotatable bonds is 11. The highest BCUT2D eigenvalue weighted by atomic mass is 32.1. The quantitative estimate of drug-likeness (QED) is 0.148. The number of nitrogens with two attached hydrogens (primary N) is 1. The maximum absolute atomic E-state index is 15.2. The second-order valence-electron chi connectivity index (χ2n) is 13.9.